The van der Waals surface area contributed by atoms with Gasteiger partial charge in [0.2, 0.25) is 0 Å². The molecule has 0 atom stereocenters. The minimum atomic E-state index is 0.431. The lowest BCUT2D eigenvalue weighted by Gasteiger charge is -2.03. The molecule has 0 spiro atoms. The summed E-state index contributed by atoms with van der Waals surface area (Å²) in [7, 11) is 1.62. The molecule has 0 radical (unpaired) electrons. The molecule has 2 N–H and O–H groups in total. The highest BCUT2D eigenvalue weighted by Crippen LogP contribution is 2.31. The van der Waals surface area contributed by atoms with Crippen molar-refractivity contribution >= 4 is 29.1 Å². The van der Waals surface area contributed by atoms with E-state index in [9.17, 15) is 0 Å². The van der Waals surface area contributed by atoms with Crippen LogP contribution >= 0.6 is 23.4 Å². The summed E-state index contributed by atoms with van der Waals surface area (Å²) in [5.74, 6) is 1.41. The number of rotatable bonds is 5. The number of nitrogens with two attached hydrogens (primary N) is 1. The summed E-state index contributed by atoms with van der Waals surface area (Å²) < 4.78 is 10.1. The van der Waals surface area contributed by atoms with E-state index >= 15 is 0 Å². The SMILES string of the molecule is COCc1cc(CSc2ccc(N)cc2Cl)no1. The van der Waals surface area contributed by atoms with Crippen molar-refractivity contribution in [1.82, 2.24) is 5.16 Å². The second kappa shape index (κ2) is 6.13. The molecule has 0 amide bonds. The molecule has 0 unspecified atom stereocenters. The zero-order valence-electron chi connectivity index (χ0n) is 9.85. The smallest absolute Gasteiger partial charge is 0.162 e. The van der Waals surface area contributed by atoms with E-state index in [0.29, 0.717) is 23.1 Å². The van der Waals surface area contributed by atoms with Gasteiger partial charge in [-0.2, -0.15) is 0 Å². The van der Waals surface area contributed by atoms with E-state index in [1.54, 1.807) is 24.9 Å². The van der Waals surface area contributed by atoms with Crippen LogP contribution in [-0.2, 0) is 17.1 Å². The number of hydrogen-bond acceptors (Lipinski definition) is 5. The van der Waals surface area contributed by atoms with Crippen LogP contribution < -0.4 is 5.73 Å². The number of aromatic nitrogens is 1. The van der Waals surface area contributed by atoms with Crippen molar-refractivity contribution in [2.24, 2.45) is 0 Å². The number of anilines is 1. The lowest BCUT2D eigenvalue weighted by Crippen LogP contribution is -1.86. The van der Waals surface area contributed by atoms with Crippen LogP contribution in [0.5, 0.6) is 0 Å². The molecule has 0 aliphatic carbocycles. The molecule has 6 heteroatoms. The van der Waals surface area contributed by atoms with Crippen molar-refractivity contribution in [2.45, 2.75) is 17.3 Å². The minimum absolute atomic E-state index is 0.431. The molecule has 96 valence electrons. The highest BCUT2D eigenvalue weighted by atomic mass is 35.5. The zero-order valence-corrected chi connectivity index (χ0v) is 11.4. The predicted octanol–water partition coefficient (Wildman–Crippen LogP) is 3.35. The van der Waals surface area contributed by atoms with Crippen molar-refractivity contribution in [2.75, 3.05) is 12.8 Å². The first-order chi connectivity index (χ1) is 8.69. The maximum atomic E-state index is 6.09. The Morgan fingerprint density at radius 3 is 3.00 bits per heavy atom. The first kappa shape index (κ1) is 13.3. The number of thioether (sulfide) groups is 1. The van der Waals surface area contributed by atoms with E-state index in [1.807, 2.05) is 18.2 Å². The Bertz CT molecular complexity index is 531. The Labute approximate surface area is 114 Å². The molecule has 0 aliphatic rings. The van der Waals surface area contributed by atoms with E-state index in [0.717, 1.165) is 16.3 Å². The molecule has 18 heavy (non-hydrogen) atoms. The standard InChI is InChI=1S/C12H13ClN2O2S/c1-16-6-10-5-9(15-17-10)7-18-12-3-2-8(14)4-11(12)13/h2-5H,6-7,14H2,1H3. The second-order valence-corrected chi connectivity index (χ2v) is 5.12. The van der Waals surface area contributed by atoms with Crippen molar-refractivity contribution in [3.8, 4) is 0 Å². The highest BCUT2D eigenvalue weighted by Gasteiger charge is 2.06. The van der Waals surface area contributed by atoms with Crippen LogP contribution in [0.2, 0.25) is 5.02 Å². The Kier molecular flexibility index (Phi) is 4.52. The van der Waals surface area contributed by atoms with Crippen LogP contribution in [0.1, 0.15) is 11.5 Å². The number of ether oxygens (including phenoxy) is 1. The summed E-state index contributed by atoms with van der Waals surface area (Å²) in [6.45, 7) is 0.431. The average molecular weight is 285 g/mol. The van der Waals surface area contributed by atoms with E-state index in [-0.39, 0.29) is 0 Å². The van der Waals surface area contributed by atoms with Crippen LogP contribution in [0.25, 0.3) is 0 Å². The van der Waals surface area contributed by atoms with Gasteiger partial charge < -0.3 is 15.0 Å². The van der Waals surface area contributed by atoms with Crippen molar-refractivity contribution in [3.63, 3.8) is 0 Å². The van der Waals surface area contributed by atoms with E-state index in [4.69, 9.17) is 26.6 Å². The Hall–Kier alpha value is -1.17. The van der Waals surface area contributed by atoms with Gasteiger partial charge in [0, 0.05) is 29.5 Å². The van der Waals surface area contributed by atoms with Gasteiger partial charge in [0.25, 0.3) is 0 Å². The van der Waals surface area contributed by atoms with E-state index in [2.05, 4.69) is 5.16 Å². The predicted molar refractivity (Wildman–Crippen MR) is 72.6 cm³/mol. The molecule has 2 rings (SSSR count). The van der Waals surface area contributed by atoms with Gasteiger partial charge in [0.1, 0.15) is 6.61 Å². The molecule has 0 fully saturated rings. The Morgan fingerprint density at radius 2 is 2.28 bits per heavy atom. The van der Waals surface area contributed by atoms with Crippen molar-refractivity contribution in [1.29, 1.82) is 0 Å². The fourth-order valence-corrected chi connectivity index (χ4v) is 2.57. The topological polar surface area (TPSA) is 61.3 Å². The maximum absolute atomic E-state index is 6.09. The van der Waals surface area contributed by atoms with Crippen LogP contribution in [0, 0.1) is 0 Å². The Balaban J connectivity index is 1.97. The van der Waals surface area contributed by atoms with Crippen LogP contribution in [0.3, 0.4) is 0 Å². The number of nitrogen functional groups attached to an aromatic ring is 1. The normalized spacial score (nSPS) is 10.8. The average Bonchev–Trinajstić information content (AvgIpc) is 2.76. The van der Waals surface area contributed by atoms with Gasteiger partial charge >= 0.3 is 0 Å². The number of methoxy groups -OCH3 is 1. The summed E-state index contributed by atoms with van der Waals surface area (Å²) in [6.07, 6.45) is 0. The van der Waals surface area contributed by atoms with Crippen LogP contribution in [0.4, 0.5) is 5.69 Å². The number of benzene rings is 1. The lowest BCUT2D eigenvalue weighted by molar-refractivity contribution is 0.156. The third kappa shape index (κ3) is 3.41. The summed E-state index contributed by atoms with van der Waals surface area (Å²) in [4.78, 5) is 0.974. The number of nitrogens with zero attached hydrogens (tertiary/aromatic N) is 1. The highest BCUT2D eigenvalue weighted by molar-refractivity contribution is 7.98. The fraction of sp³-hybridized carbons (Fsp3) is 0.250. The largest absolute Gasteiger partial charge is 0.399 e. The number of hydrogen-bond donors (Lipinski definition) is 1. The van der Waals surface area contributed by atoms with Crippen molar-refractivity contribution < 1.29 is 9.26 Å². The molecular formula is C12H13ClN2O2S. The Morgan fingerprint density at radius 1 is 1.44 bits per heavy atom. The van der Waals surface area contributed by atoms with Crippen molar-refractivity contribution in [3.05, 3.63) is 40.7 Å². The quantitative estimate of drug-likeness (QED) is 0.674. The summed E-state index contributed by atoms with van der Waals surface area (Å²) >= 11 is 7.68. The number of halogens is 1. The van der Waals surface area contributed by atoms with Gasteiger partial charge in [0.05, 0.1) is 10.7 Å². The molecule has 0 saturated carbocycles. The minimum Gasteiger partial charge on any atom is -0.399 e. The third-order valence-corrected chi connectivity index (χ3v) is 3.76. The van der Waals surface area contributed by atoms with Crippen LogP contribution in [-0.4, -0.2) is 12.3 Å². The summed E-state index contributed by atoms with van der Waals surface area (Å²) in [5, 5.41) is 4.61. The molecule has 1 aromatic carbocycles. The molecule has 2 aromatic rings. The van der Waals surface area contributed by atoms with Crippen LogP contribution in [0.15, 0.2) is 33.7 Å². The molecule has 1 aromatic heterocycles. The van der Waals surface area contributed by atoms with E-state index < -0.39 is 0 Å². The second-order valence-electron chi connectivity index (χ2n) is 3.70. The van der Waals surface area contributed by atoms with Gasteiger partial charge in [-0.3, -0.25) is 0 Å². The fourth-order valence-electron chi connectivity index (χ4n) is 1.42. The van der Waals surface area contributed by atoms with Gasteiger partial charge in [-0.1, -0.05) is 16.8 Å². The molecule has 4 nitrogen and oxygen atoms in total. The molecule has 0 saturated heterocycles. The van der Waals surface area contributed by atoms with Gasteiger partial charge in [0.15, 0.2) is 5.76 Å². The first-order valence-electron chi connectivity index (χ1n) is 5.30. The summed E-state index contributed by atoms with van der Waals surface area (Å²) in [5.41, 5.74) is 7.16. The third-order valence-electron chi connectivity index (χ3n) is 2.23. The zero-order chi connectivity index (χ0) is 13.0. The molecule has 1 heterocycles. The maximum Gasteiger partial charge on any atom is 0.162 e. The first-order valence-corrected chi connectivity index (χ1v) is 6.66. The van der Waals surface area contributed by atoms with Gasteiger partial charge in [-0.15, -0.1) is 11.8 Å². The molecule has 0 aliphatic heterocycles. The monoisotopic (exact) mass is 284 g/mol. The van der Waals surface area contributed by atoms with Gasteiger partial charge in [-0.05, 0) is 18.2 Å². The lowest BCUT2D eigenvalue weighted by atomic mass is 10.3. The molecular weight excluding hydrogens is 272 g/mol. The molecule has 0 bridgehead atoms. The van der Waals surface area contributed by atoms with E-state index in [1.165, 1.54) is 0 Å². The van der Waals surface area contributed by atoms with Gasteiger partial charge in [-0.25, -0.2) is 0 Å². The summed E-state index contributed by atoms with van der Waals surface area (Å²) in [6, 6.07) is 7.34.